The first-order chi connectivity index (χ1) is 9.14. The summed E-state index contributed by atoms with van der Waals surface area (Å²) in [6, 6.07) is 0. The van der Waals surface area contributed by atoms with Gasteiger partial charge in [0.05, 0.1) is 11.5 Å². The molecule has 3 fully saturated rings. The standard InChI is InChI=1S/C16H23NO2/c1-16(19-2)8-4-3-5-14(16)15(18)13-11-17-9-6-12(13)7-10-17/h3-5,8,12-14H,6-7,9-11H2,1-2H3. The highest BCUT2D eigenvalue weighted by molar-refractivity contribution is 5.87. The van der Waals surface area contributed by atoms with E-state index in [0.717, 1.165) is 6.54 Å². The van der Waals surface area contributed by atoms with Gasteiger partial charge in [0.2, 0.25) is 0 Å². The smallest absolute Gasteiger partial charge is 0.147 e. The van der Waals surface area contributed by atoms with E-state index in [1.165, 1.54) is 25.9 Å². The van der Waals surface area contributed by atoms with Crippen molar-refractivity contribution < 1.29 is 9.53 Å². The summed E-state index contributed by atoms with van der Waals surface area (Å²) < 4.78 is 5.61. The van der Waals surface area contributed by atoms with Crippen LogP contribution in [0.3, 0.4) is 0 Å². The van der Waals surface area contributed by atoms with Crippen LogP contribution in [0.1, 0.15) is 19.8 Å². The Balaban J connectivity index is 1.80. The fraction of sp³-hybridized carbons (Fsp3) is 0.688. The number of methoxy groups -OCH3 is 1. The first-order valence-corrected chi connectivity index (χ1v) is 7.31. The van der Waals surface area contributed by atoms with E-state index in [1.54, 1.807) is 7.11 Å². The third-order valence-corrected chi connectivity index (χ3v) is 5.23. The molecule has 0 aromatic heterocycles. The van der Waals surface area contributed by atoms with Crippen LogP contribution in [0.15, 0.2) is 24.3 Å². The molecule has 3 heteroatoms. The lowest BCUT2D eigenvalue weighted by Crippen LogP contribution is -2.53. The van der Waals surface area contributed by atoms with Crippen LogP contribution in [0.4, 0.5) is 0 Å². The zero-order valence-corrected chi connectivity index (χ0v) is 11.8. The Morgan fingerprint density at radius 2 is 2.05 bits per heavy atom. The molecule has 0 spiro atoms. The van der Waals surface area contributed by atoms with Crippen molar-refractivity contribution in [2.45, 2.75) is 25.4 Å². The molecule has 3 heterocycles. The Morgan fingerprint density at radius 3 is 2.63 bits per heavy atom. The Morgan fingerprint density at radius 1 is 1.32 bits per heavy atom. The second kappa shape index (κ2) is 4.88. The maximum Gasteiger partial charge on any atom is 0.147 e. The van der Waals surface area contributed by atoms with Crippen molar-refractivity contribution in [1.82, 2.24) is 4.90 Å². The van der Waals surface area contributed by atoms with Gasteiger partial charge in [0.25, 0.3) is 0 Å². The minimum absolute atomic E-state index is 0.131. The lowest BCUT2D eigenvalue weighted by atomic mass is 9.70. The lowest BCUT2D eigenvalue weighted by molar-refractivity contribution is -0.137. The molecule has 4 aliphatic rings. The molecule has 3 unspecified atom stereocenters. The van der Waals surface area contributed by atoms with Crippen molar-refractivity contribution in [3.8, 4) is 0 Å². The lowest BCUT2D eigenvalue weighted by Gasteiger charge is -2.46. The van der Waals surface area contributed by atoms with Gasteiger partial charge in [-0.2, -0.15) is 0 Å². The molecule has 0 aromatic rings. The van der Waals surface area contributed by atoms with Gasteiger partial charge in [-0.1, -0.05) is 24.3 Å². The molecule has 3 aliphatic heterocycles. The Labute approximate surface area is 115 Å². The molecule has 3 nitrogen and oxygen atoms in total. The normalized spacial score (nSPS) is 44.5. The number of allylic oxidation sites excluding steroid dienone is 2. The van der Waals surface area contributed by atoms with Crippen LogP contribution < -0.4 is 0 Å². The summed E-state index contributed by atoms with van der Waals surface area (Å²) in [7, 11) is 1.69. The molecule has 0 N–H and O–H groups in total. The van der Waals surface area contributed by atoms with Crippen LogP contribution in [0, 0.1) is 17.8 Å². The highest BCUT2D eigenvalue weighted by atomic mass is 16.5. The van der Waals surface area contributed by atoms with Crippen molar-refractivity contribution in [2.75, 3.05) is 26.7 Å². The number of Topliss-reactive ketones (excluding diaryl/α,β-unsaturated/α-hetero) is 1. The predicted molar refractivity (Wildman–Crippen MR) is 74.8 cm³/mol. The van der Waals surface area contributed by atoms with Gasteiger partial charge in [-0.25, -0.2) is 0 Å². The number of ketones is 1. The molecule has 104 valence electrons. The number of rotatable bonds is 3. The van der Waals surface area contributed by atoms with Crippen LogP contribution in [0.2, 0.25) is 0 Å². The van der Waals surface area contributed by atoms with E-state index in [0.29, 0.717) is 11.7 Å². The fourth-order valence-corrected chi connectivity index (χ4v) is 3.81. The van der Waals surface area contributed by atoms with Gasteiger partial charge in [0.15, 0.2) is 0 Å². The van der Waals surface area contributed by atoms with Gasteiger partial charge in [-0.3, -0.25) is 4.79 Å². The summed E-state index contributed by atoms with van der Waals surface area (Å²) in [5.41, 5.74) is -0.474. The first kappa shape index (κ1) is 13.1. The minimum atomic E-state index is -0.474. The van der Waals surface area contributed by atoms with Gasteiger partial charge < -0.3 is 9.64 Å². The van der Waals surface area contributed by atoms with E-state index < -0.39 is 5.60 Å². The molecule has 0 saturated carbocycles. The molecule has 0 amide bonds. The summed E-state index contributed by atoms with van der Waals surface area (Å²) in [5, 5.41) is 0. The van der Waals surface area contributed by atoms with Gasteiger partial charge in [0.1, 0.15) is 5.78 Å². The molecule has 19 heavy (non-hydrogen) atoms. The van der Waals surface area contributed by atoms with Gasteiger partial charge in [0, 0.05) is 19.6 Å². The van der Waals surface area contributed by atoms with E-state index in [4.69, 9.17) is 4.74 Å². The van der Waals surface area contributed by atoms with Crippen LogP contribution in [0.25, 0.3) is 0 Å². The fourth-order valence-electron chi connectivity index (χ4n) is 3.81. The van der Waals surface area contributed by atoms with Crippen molar-refractivity contribution in [3.05, 3.63) is 24.3 Å². The van der Waals surface area contributed by atoms with E-state index in [-0.39, 0.29) is 11.8 Å². The first-order valence-electron chi connectivity index (χ1n) is 7.31. The van der Waals surface area contributed by atoms with E-state index >= 15 is 0 Å². The number of hydrogen-bond donors (Lipinski definition) is 0. The Hall–Kier alpha value is -0.930. The summed E-state index contributed by atoms with van der Waals surface area (Å²) in [4.78, 5) is 15.4. The number of carbonyl (C=O) groups is 1. The highest BCUT2D eigenvalue weighted by Crippen LogP contribution is 2.38. The largest absolute Gasteiger partial charge is 0.373 e. The number of carbonyl (C=O) groups excluding carboxylic acids is 1. The van der Waals surface area contributed by atoms with E-state index in [9.17, 15) is 4.79 Å². The second-order valence-corrected chi connectivity index (χ2v) is 6.26. The Kier molecular flexibility index (Phi) is 3.35. The summed E-state index contributed by atoms with van der Waals surface area (Å²) in [6.07, 6.45) is 10.4. The number of hydrogen-bond acceptors (Lipinski definition) is 3. The molecule has 0 aromatic carbocycles. The molecule has 3 saturated heterocycles. The predicted octanol–water partition coefficient (Wildman–Crippen LogP) is 2.04. The van der Waals surface area contributed by atoms with Crippen LogP contribution >= 0.6 is 0 Å². The average molecular weight is 261 g/mol. The van der Waals surface area contributed by atoms with Gasteiger partial charge in [-0.15, -0.1) is 0 Å². The quantitative estimate of drug-likeness (QED) is 0.778. The molecule has 0 radical (unpaired) electrons. The van der Waals surface area contributed by atoms with Crippen molar-refractivity contribution in [1.29, 1.82) is 0 Å². The third kappa shape index (κ3) is 2.19. The maximum absolute atomic E-state index is 12.9. The summed E-state index contributed by atoms with van der Waals surface area (Å²) in [6.45, 7) is 5.32. The van der Waals surface area contributed by atoms with Crippen LogP contribution in [-0.2, 0) is 9.53 Å². The summed E-state index contributed by atoms with van der Waals surface area (Å²) >= 11 is 0. The highest BCUT2D eigenvalue weighted by Gasteiger charge is 2.45. The SMILES string of the molecule is COC1(C)C=CC=CC1C(=O)C1CN2CCC1CC2. The van der Waals surface area contributed by atoms with Crippen molar-refractivity contribution in [3.63, 3.8) is 0 Å². The minimum Gasteiger partial charge on any atom is -0.373 e. The molecule has 1 aliphatic carbocycles. The number of fused-ring (bicyclic) bond motifs is 3. The van der Waals surface area contributed by atoms with E-state index in [2.05, 4.69) is 4.90 Å². The second-order valence-electron chi connectivity index (χ2n) is 6.26. The molecular formula is C16H23NO2. The number of piperidine rings is 3. The molecule has 4 rings (SSSR count). The van der Waals surface area contributed by atoms with Crippen molar-refractivity contribution in [2.24, 2.45) is 17.8 Å². The van der Waals surface area contributed by atoms with Crippen LogP contribution in [-0.4, -0.2) is 43.0 Å². The monoisotopic (exact) mass is 261 g/mol. The topological polar surface area (TPSA) is 29.5 Å². The number of nitrogens with zero attached hydrogens (tertiary/aromatic N) is 1. The zero-order valence-electron chi connectivity index (χ0n) is 11.8. The third-order valence-electron chi connectivity index (χ3n) is 5.23. The summed E-state index contributed by atoms with van der Waals surface area (Å²) in [5.74, 6) is 1.04. The van der Waals surface area contributed by atoms with Crippen molar-refractivity contribution >= 4 is 5.78 Å². The van der Waals surface area contributed by atoms with Gasteiger partial charge >= 0.3 is 0 Å². The zero-order chi connectivity index (χ0) is 13.5. The maximum atomic E-state index is 12.9. The number of ether oxygens (including phenoxy) is 1. The van der Waals surface area contributed by atoms with Gasteiger partial charge in [-0.05, 0) is 38.8 Å². The van der Waals surface area contributed by atoms with Crippen LogP contribution in [0.5, 0.6) is 0 Å². The molecular weight excluding hydrogens is 238 g/mol. The Bertz CT molecular complexity index is 420. The average Bonchev–Trinajstić information content (AvgIpc) is 2.48. The molecule has 3 atom stereocenters. The molecule has 2 bridgehead atoms. The van der Waals surface area contributed by atoms with E-state index in [1.807, 2.05) is 31.2 Å².